The van der Waals surface area contributed by atoms with E-state index >= 15 is 0 Å². The van der Waals surface area contributed by atoms with E-state index in [1.807, 2.05) is 18.2 Å². The zero-order chi connectivity index (χ0) is 25.3. The number of likely N-dealkylation sites (N-methyl/N-ethyl adjacent to an activating group) is 1. The van der Waals surface area contributed by atoms with Gasteiger partial charge in [0, 0.05) is 37.3 Å². The Labute approximate surface area is 214 Å². The Morgan fingerprint density at radius 2 is 1.61 bits per heavy atom. The summed E-state index contributed by atoms with van der Waals surface area (Å²) in [6.45, 7) is 6.53. The summed E-state index contributed by atoms with van der Waals surface area (Å²) in [6.07, 6.45) is 5.01. The van der Waals surface area contributed by atoms with Crippen LogP contribution in [0.3, 0.4) is 0 Å². The van der Waals surface area contributed by atoms with E-state index in [2.05, 4.69) is 60.1 Å². The van der Waals surface area contributed by atoms with Gasteiger partial charge >= 0.3 is 0 Å². The molecule has 3 N–H and O–H groups in total. The highest BCUT2D eigenvalue weighted by Crippen LogP contribution is 2.30. The lowest BCUT2D eigenvalue weighted by Crippen LogP contribution is -2.54. The fourth-order valence-electron chi connectivity index (χ4n) is 5.35. The van der Waals surface area contributed by atoms with E-state index in [0.29, 0.717) is 18.0 Å². The SMILES string of the molecule is CCN[C@@H](Cc1cc(F)cc(F)c1)C(CNC1CCCc2ccc(CC)cc21)NCc1ccccc1. The van der Waals surface area contributed by atoms with Gasteiger partial charge in [-0.3, -0.25) is 0 Å². The molecule has 1 aliphatic carbocycles. The summed E-state index contributed by atoms with van der Waals surface area (Å²) in [5.74, 6) is -1.06. The second-order valence-corrected chi connectivity index (χ2v) is 9.86. The molecule has 0 spiro atoms. The van der Waals surface area contributed by atoms with E-state index in [-0.39, 0.29) is 12.1 Å². The van der Waals surface area contributed by atoms with Crippen LogP contribution >= 0.6 is 0 Å². The van der Waals surface area contributed by atoms with Crippen molar-refractivity contribution in [2.45, 2.75) is 70.6 Å². The molecule has 0 saturated carbocycles. The van der Waals surface area contributed by atoms with Crippen molar-refractivity contribution < 1.29 is 8.78 Å². The Bertz CT molecular complexity index is 1080. The number of hydrogen-bond acceptors (Lipinski definition) is 3. The Hall–Kier alpha value is -2.60. The molecule has 0 aliphatic heterocycles. The van der Waals surface area contributed by atoms with Gasteiger partial charge in [-0.2, -0.15) is 0 Å². The fraction of sp³-hybridized carbons (Fsp3) is 0.419. The van der Waals surface area contributed by atoms with Gasteiger partial charge in [0.2, 0.25) is 0 Å². The molecule has 192 valence electrons. The first-order chi connectivity index (χ1) is 17.6. The molecule has 3 aromatic rings. The highest BCUT2D eigenvalue weighted by Gasteiger charge is 2.25. The molecule has 0 bridgehead atoms. The van der Waals surface area contributed by atoms with Crippen LogP contribution in [0.1, 0.15) is 60.5 Å². The molecular weight excluding hydrogens is 452 g/mol. The molecule has 1 aliphatic rings. The minimum Gasteiger partial charge on any atom is -0.312 e. The lowest BCUT2D eigenvalue weighted by molar-refractivity contribution is 0.331. The summed E-state index contributed by atoms with van der Waals surface area (Å²) in [5, 5.41) is 11.2. The van der Waals surface area contributed by atoms with E-state index < -0.39 is 11.6 Å². The smallest absolute Gasteiger partial charge is 0.126 e. The van der Waals surface area contributed by atoms with Gasteiger partial charge in [0.1, 0.15) is 11.6 Å². The summed E-state index contributed by atoms with van der Waals surface area (Å²) in [6, 6.07) is 21.5. The second-order valence-electron chi connectivity index (χ2n) is 9.86. The van der Waals surface area contributed by atoms with E-state index in [1.54, 1.807) is 0 Å². The van der Waals surface area contributed by atoms with Crippen molar-refractivity contribution in [3.8, 4) is 0 Å². The minimum atomic E-state index is -0.530. The number of halogens is 2. The molecule has 4 rings (SSSR count). The van der Waals surface area contributed by atoms with Crippen molar-refractivity contribution in [1.82, 2.24) is 16.0 Å². The predicted molar refractivity (Wildman–Crippen MR) is 144 cm³/mol. The van der Waals surface area contributed by atoms with Gasteiger partial charge in [-0.15, -0.1) is 0 Å². The molecule has 0 heterocycles. The monoisotopic (exact) mass is 491 g/mol. The van der Waals surface area contributed by atoms with Crippen LogP contribution in [0.15, 0.2) is 66.7 Å². The molecule has 3 nitrogen and oxygen atoms in total. The predicted octanol–water partition coefficient (Wildman–Crippen LogP) is 5.87. The van der Waals surface area contributed by atoms with Gasteiger partial charge in [0.05, 0.1) is 0 Å². The lowest BCUT2D eigenvalue weighted by atomic mass is 9.86. The molecule has 2 unspecified atom stereocenters. The van der Waals surface area contributed by atoms with Gasteiger partial charge in [0.25, 0.3) is 0 Å². The summed E-state index contributed by atoms with van der Waals surface area (Å²) >= 11 is 0. The second kappa shape index (κ2) is 13.1. The molecule has 36 heavy (non-hydrogen) atoms. The Kier molecular flexibility index (Phi) is 9.62. The zero-order valence-electron chi connectivity index (χ0n) is 21.5. The largest absolute Gasteiger partial charge is 0.312 e. The van der Waals surface area contributed by atoms with Gasteiger partial charge < -0.3 is 16.0 Å². The van der Waals surface area contributed by atoms with Crippen LogP contribution in [0.4, 0.5) is 8.78 Å². The molecule has 0 amide bonds. The van der Waals surface area contributed by atoms with Gasteiger partial charge in [-0.25, -0.2) is 8.78 Å². The normalized spacial score (nSPS) is 16.9. The lowest BCUT2D eigenvalue weighted by Gasteiger charge is -2.33. The van der Waals surface area contributed by atoms with Crippen molar-refractivity contribution >= 4 is 0 Å². The van der Waals surface area contributed by atoms with E-state index in [4.69, 9.17) is 0 Å². The third-order valence-electron chi connectivity index (χ3n) is 7.26. The zero-order valence-corrected chi connectivity index (χ0v) is 21.5. The maximum absolute atomic E-state index is 13.9. The third kappa shape index (κ3) is 7.22. The number of nitrogens with one attached hydrogen (secondary N) is 3. The molecule has 5 heteroatoms. The quantitative estimate of drug-likeness (QED) is 0.296. The number of fused-ring (bicyclic) bond motifs is 1. The van der Waals surface area contributed by atoms with Gasteiger partial charge in [0.15, 0.2) is 0 Å². The third-order valence-corrected chi connectivity index (χ3v) is 7.26. The van der Waals surface area contributed by atoms with Crippen LogP contribution in [0.2, 0.25) is 0 Å². The molecule has 3 atom stereocenters. The minimum absolute atomic E-state index is 0.0115. The van der Waals surface area contributed by atoms with Crippen LogP contribution in [0.25, 0.3) is 0 Å². The standard InChI is InChI=1S/C31H39F2N3/c1-3-22-13-14-25-11-8-12-29(28(25)17-22)36-21-31(35-20-23-9-6-5-7-10-23)30(34-4-2)18-24-15-26(32)19-27(33)16-24/h5-7,9-10,13-17,19,29-31,34-36H,3-4,8,11-12,18,20-21H2,1-2H3/t29?,30-,31?/m0/s1. The Balaban J connectivity index is 1.53. The summed E-state index contributed by atoms with van der Waals surface area (Å²) < 4.78 is 27.9. The van der Waals surface area contributed by atoms with Crippen LogP contribution < -0.4 is 16.0 Å². The highest BCUT2D eigenvalue weighted by atomic mass is 19.1. The topological polar surface area (TPSA) is 36.1 Å². The average Bonchev–Trinajstić information content (AvgIpc) is 2.88. The van der Waals surface area contributed by atoms with E-state index in [1.165, 1.54) is 40.8 Å². The average molecular weight is 492 g/mol. The van der Waals surface area contributed by atoms with Crippen LogP contribution in [-0.2, 0) is 25.8 Å². The first-order valence-electron chi connectivity index (χ1n) is 13.4. The number of hydrogen-bond donors (Lipinski definition) is 3. The van der Waals surface area contributed by atoms with Crippen LogP contribution in [0, 0.1) is 11.6 Å². The van der Waals surface area contributed by atoms with Crippen molar-refractivity contribution in [3.63, 3.8) is 0 Å². The molecule has 0 saturated heterocycles. The molecule has 0 aromatic heterocycles. The van der Waals surface area contributed by atoms with Crippen molar-refractivity contribution in [2.24, 2.45) is 0 Å². The summed E-state index contributed by atoms with van der Waals surface area (Å²) in [5.41, 5.74) is 6.13. The summed E-state index contributed by atoms with van der Waals surface area (Å²) in [4.78, 5) is 0. The number of aryl methyl sites for hydroxylation is 2. The summed E-state index contributed by atoms with van der Waals surface area (Å²) in [7, 11) is 0. The highest BCUT2D eigenvalue weighted by molar-refractivity contribution is 5.36. The fourth-order valence-corrected chi connectivity index (χ4v) is 5.35. The van der Waals surface area contributed by atoms with E-state index in [9.17, 15) is 8.78 Å². The van der Waals surface area contributed by atoms with Gasteiger partial charge in [-0.05, 0) is 78.6 Å². The Morgan fingerprint density at radius 3 is 2.33 bits per heavy atom. The molecular formula is C31H39F2N3. The maximum atomic E-state index is 13.9. The maximum Gasteiger partial charge on any atom is 0.126 e. The van der Waals surface area contributed by atoms with E-state index in [0.717, 1.165) is 45.0 Å². The van der Waals surface area contributed by atoms with Crippen LogP contribution in [0.5, 0.6) is 0 Å². The van der Waals surface area contributed by atoms with Crippen molar-refractivity contribution in [3.05, 3.63) is 106 Å². The van der Waals surface area contributed by atoms with Crippen molar-refractivity contribution in [2.75, 3.05) is 13.1 Å². The molecule has 3 aromatic carbocycles. The number of benzene rings is 3. The van der Waals surface area contributed by atoms with Crippen molar-refractivity contribution in [1.29, 1.82) is 0 Å². The number of rotatable bonds is 12. The first kappa shape index (κ1) is 26.5. The first-order valence-corrected chi connectivity index (χ1v) is 13.4. The Morgan fingerprint density at radius 1 is 0.833 bits per heavy atom. The van der Waals surface area contributed by atoms with Crippen LogP contribution in [-0.4, -0.2) is 25.2 Å². The van der Waals surface area contributed by atoms with Gasteiger partial charge in [-0.1, -0.05) is 62.4 Å². The molecule has 0 radical (unpaired) electrons. The molecule has 0 fully saturated rings.